The number of phenols is 1. The van der Waals surface area contributed by atoms with Crippen LogP contribution in [0.2, 0.25) is 18.1 Å². The third kappa shape index (κ3) is 11.3. The number of H-pyrrole nitrogens is 1. The van der Waals surface area contributed by atoms with Crippen molar-refractivity contribution in [3.05, 3.63) is 129 Å². The third-order valence-electron chi connectivity index (χ3n) is 13.3. The second kappa shape index (κ2) is 19.6. The van der Waals surface area contributed by atoms with Gasteiger partial charge in [-0.3, -0.25) is 14.3 Å². The molecular weight excluding hydrogens is 835 g/mol. The van der Waals surface area contributed by atoms with E-state index in [1.165, 1.54) is 6.07 Å². The number of aromatic hydroxyl groups is 1. The van der Waals surface area contributed by atoms with Crippen LogP contribution >= 0.6 is 0 Å². The molecule has 6 aromatic rings. The molecule has 13 heteroatoms. The van der Waals surface area contributed by atoms with E-state index in [0.29, 0.717) is 36.8 Å². The Hall–Kier alpha value is -5.47. The van der Waals surface area contributed by atoms with Crippen LogP contribution in [-0.2, 0) is 23.9 Å². The number of fused-ring (bicyclic) bond motifs is 2. The number of benzene rings is 4. The zero-order chi connectivity index (χ0) is 46.7. The van der Waals surface area contributed by atoms with Crippen LogP contribution < -0.4 is 26.8 Å². The Morgan fingerprint density at radius 2 is 1.63 bits per heavy atom. The Kier molecular flexibility index (Phi) is 14.3. The number of oxazole rings is 1. The smallest absolute Gasteiger partial charge is 0.419 e. The highest BCUT2D eigenvalue weighted by Gasteiger charge is 2.40. The molecule has 65 heavy (non-hydrogen) atoms. The van der Waals surface area contributed by atoms with Gasteiger partial charge < -0.3 is 34.7 Å². The van der Waals surface area contributed by atoms with Gasteiger partial charge in [0.2, 0.25) is 5.56 Å². The number of hydrogen-bond donors (Lipinski definition) is 5. The highest BCUT2D eigenvalue weighted by atomic mass is 28.4. The summed E-state index contributed by atoms with van der Waals surface area (Å²) in [6.45, 7) is 19.0. The van der Waals surface area contributed by atoms with Crippen molar-refractivity contribution in [1.29, 1.82) is 0 Å². The lowest BCUT2D eigenvalue weighted by atomic mass is 9.88. The summed E-state index contributed by atoms with van der Waals surface area (Å²) < 4.78 is 14.4. The fourth-order valence-electron chi connectivity index (χ4n) is 9.01. The molecule has 0 spiro atoms. The monoisotopic (exact) mass is 901 g/mol. The van der Waals surface area contributed by atoms with Gasteiger partial charge in [-0.2, -0.15) is 0 Å². The maximum Gasteiger partial charge on any atom is 0.419 e. The largest absolute Gasteiger partial charge is 0.506 e. The maximum atomic E-state index is 13.2. The second-order valence-corrected chi connectivity index (χ2v) is 25.1. The number of phenolic OH excluding ortho intramolecular Hbond substituents is 1. The van der Waals surface area contributed by atoms with E-state index in [9.17, 15) is 24.6 Å². The highest BCUT2D eigenvalue weighted by Crippen LogP contribution is 2.41. The van der Waals surface area contributed by atoms with E-state index in [1.54, 1.807) is 21.6 Å². The number of hydrogen-bond acceptors (Lipinski definition) is 8. The van der Waals surface area contributed by atoms with Gasteiger partial charge in [0.15, 0.2) is 13.9 Å². The quantitative estimate of drug-likeness (QED) is 0.0470. The molecule has 0 bridgehead atoms. The number of amides is 1. The lowest BCUT2D eigenvalue weighted by Gasteiger charge is -2.39. The van der Waals surface area contributed by atoms with Crippen LogP contribution in [0.5, 0.6) is 5.75 Å². The van der Waals surface area contributed by atoms with Crippen molar-refractivity contribution in [3.8, 4) is 16.9 Å². The number of carbonyl (C=O) groups is 1. The molecule has 1 aliphatic rings. The van der Waals surface area contributed by atoms with Crippen molar-refractivity contribution in [1.82, 2.24) is 20.2 Å². The number of aromatic nitrogens is 2. The van der Waals surface area contributed by atoms with E-state index in [2.05, 4.69) is 82.4 Å². The molecule has 1 aliphatic carbocycles. The van der Waals surface area contributed by atoms with Crippen LogP contribution in [0.1, 0.15) is 103 Å². The predicted molar refractivity (Wildman–Crippen MR) is 264 cm³/mol. The average Bonchev–Trinajstić information content (AvgIpc) is 3.56. The number of rotatable bonds is 16. The van der Waals surface area contributed by atoms with E-state index in [4.69, 9.17) is 8.84 Å². The minimum Gasteiger partial charge on any atom is -0.506 e. The summed E-state index contributed by atoms with van der Waals surface area (Å²) in [5.41, 5.74) is 6.94. The van der Waals surface area contributed by atoms with Crippen molar-refractivity contribution in [3.63, 3.8) is 0 Å². The summed E-state index contributed by atoms with van der Waals surface area (Å²) in [5, 5.41) is 29.1. The molecular formula is C52H67N5O7Si. The van der Waals surface area contributed by atoms with Crippen molar-refractivity contribution in [2.24, 2.45) is 0 Å². The average molecular weight is 902 g/mol. The van der Waals surface area contributed by atoms with Gasteiger partial charge >= 0.3 is 11.8 Å². The van der Waals surface area contributed by atoms with Crippen molar-refractivity contribution < 1.29 is 23.9 Å². The van der Waals surface area contributed by atoms with Crippen molar-refractivity contribution >= 4 is 42.1 Å². The number of aromatic amines is 1. The maximum absolute atomic E-state index is 13.2. The molecule has 1 saturated carbocycles. The molecule has 1 fully saturated rings. The van der Waals surface area contributed by atoms with E-state index in [-0.39, 0.29) is 34.0 Å². The van der Waals surface area contributed by atoms with Gasteiger partial charge in [0.25, 0.3) is 0 Å². The van der Waals surface area contributed by atoms with Crippen LogP contribution in [0.4, 0.5) is 10.5 Å². The molecule has 346 valence electrons. The SMILES string of the molecule is CC(C)(C)NC1CCC(N(C(=O)O)c2ccc(CCCCn3c(=O)oc4cc(CNC[C@H](O[Si](C)(C)C(C)(C)C)c5ccc(O)c6[nH]c(=O)ccc56)ccc43)cc2-c2ccccc2)CC1. The highest BCUT2D eigenvalue weighted by molar-refractivity contribution is 6.74. The molecule has 1 atom stereocenters. The minimum absolute atomic E-state index is 0.00764. The first-order valence-electron chi connectivity index (χ1n) is 23.1. The number of carboxylic acid groups (broad SMARTS) is 1. The van der Waals surface area contributed by atoms with Crippen molar-refractivity contribution in [2.45, 2.75) is 141 Å². The zero-order valence-corrected chi connectivity index (χ0v) is 40.3. The molecule has 7 rings (SSSR count). The van der Waals surface area contributed by atoms with Gasteiger partial charge in [0.05, 0.1) is 22.8 Å². The van der Waals surface area contributed by atoms with E-state index < -0.39 is 20.2 Å². The van der Waals surface area contributed by atoms with Crippen LogP contribution in [0.15, 0.2) is 105 Å². The second-order valence-electron chi connectivity index (χ2n) is 20.3. The Morgan fingerprint density at radius 1 is 0.908 bits per heavy atom. The van der Waals surface area contributed by atoms with Gasteiger partial charge in [0, 0.05) is 54.3 Å². The van der Waals surface area contributed by atoms with Gasteiger partial charge in [-0.1, -0.05) is 69.3 Å². The summed E-state index contributed by atoms with van der Waals surface area (Å²) in [5.74, 6) is -0.383. The zero-order valence-electron chi connectivity index (χ0n) is 39.3. The molecule has 5 N–H and O–H groups in total. The topological polar surface area (TPSA) is 162 Å². The van der Waals surface area contributed by atoms with Gasteiger partial charge in [-0.15, -0.1) is 0 Å². The van der Waals surface area contributed by atoms with Crippen LogP contribution in [0.25, 0.3) is 33.1 Å². The molecule has 0 unspecified atom stereocenters. The third-order valence-corrected chi connectivity index (χ3v) is 17.8. The minimum atomic E-state index is -2.26. The summed E-state index contributed by atoms with van der Waals surface area (Å²) in [4.78, 5) is 42.6. The van der Waals surface area contributed by atoms with Crippen LogP contribution in [-0.4, -0.2) is 58.3 Å². The summed E-state index contributed by atoms with van der Waals surface area (Å²) in [6, 6.07) is 29.0. The summed E-state index contributed by atoms with van der Waals surface area (Å²) in [6.07, 6.45) is 4.52. The first-order chi connectivity index (χ1) is 30.8. The molecule has 0 radical (unpaired) electrons. The summed E-state index contributed by atoms with van der Waals surface area (Å²) >= 11 is 0. The molecule has 0 saturated heterocycles. The Balaban J connectivity index is 1.01. The first kappa shape index (κ1) is 47.5. The predicted octanol–water partition coefficient (Wildman–Crippen LogP) is 10.9. The standard InChI is InChI=1S/C52H67N5O7Si/c1-51(2,3)55-37-19-21-38(22-20-37)57(49(60)61)42-25-17-34(30-41(42)36-15-10-9-11-16-36)14-12-13-29-56-43-26-18-35(31-45(43)63-50(56)62)32-53-33-46(64-65(7,8)52(4,5)6)39-23-27-44(58)48-40(39)24-28-47(59)54-48/h9-11,15-18,23-28,30-31,37-38,46,53,55,58H,12-14,19-22,29,32-33H2,1-8H3,(H,54,59)(H,60,61)/t37?,38?,46-/m0/s1. The normalized spacial score (nSPS) is 16.6. The molecule has 4 aromatic carbocycles. The van der Waals surface area contributed by atoms with Gasteiger partial charge in [-0.05, 0) is 143 Å². The Bertz CT molecular complexity index is 2720. The Morgan fingerprint density at radius 3 is 2.32 bits per heavy atom. The molecule has 0 aliphatic heterocycles. The van der Waals surface area contributed by atoms with Crippen LogP contribution in [0.3, 0.4) is 0 Å². The van der Waals surface area contributed by atoms with Crippen molar-refractivity contribution in [2.75, 3.05) is 11.4 Å². The van der Waals surface area contributed by atoms with E-state index >= 15 is 0 Å². The molecule has 2 aromatic heterocycles. The number of pyridine rings is 1. The lowest BCUT2D eigenvalue weighted by Crippen LogP contribution is -2.49. The van der Waals surface area contributed by atoms with E-state index in [1.807, 2.05) is 60.7 Å². The van der Waals surface area contributed by atoms with Gasteiger partial charge in [0.1, 0.15) is 5.75 Å². The van der Waals surface area contributed by atoms with Gasteiger partial charge in [-0.25, -0.2) is 9.59 Å². The number of nitrogens with one attached hydrogen (secondary N) is 3. The number of aryl methyl sites for hydroxylation is 2. The van der Waals surface area contributed by atoms with Crippen LogP contribution in [0, 0.1) is 0 Å². The van der Waals surface area contributed by atoms with E-state index in [0.717, 1.165) is 89.4 Å². The Labute approximate surface area is 383 Å². The number of anilines is 1. The fourth-order valence-corrected chi connectivity index (χ4v) is 10.3. The number of nitrogens with zero attached hydrogens (tertiary/aromatic N) is 2. The fraction of sp³-hybridized carbons (Fsp3) is 0.442. The molecule has 2 heterocycles. The number of unbranched alkanes of at least 4 members (excludes halogenated alkanes) is 1. The molecule has 12 nitrogen and oxygen atoms in total. The first-order valence-corrected chi connectivity index (χ1v) is 26.0. The lowest BCUT2D eigenvalue weighted by molar-refractivity contribution is 0.181. The molecule has 1 amide bonds. The summed E-state index contributed by atoms with van der Waals surface area (Å²) in [7, 11) is -2.26.